The molecule has 0 saturated heterocycles. The van der Waals surface area contributed by atoms with E-state index in [1.54, 1.807) is 84.9 Å². The average molecular weight is 422 g/mol. The van der Waals surface area contributed by atoms with Crippen LogP contribution in [0.2, 0.25) is 0 Å². The van der Waals surface area contributed by atoms with E-state index >= 15 is 0 Å². The number of hydrogen-bond donors (Lipinski definition) is 0. The monoisotopic (exact) mass is 422 g/mol. The summed E-state index contributed by atoms with van der Waals surface area (Å²) in [4.78, 5) is 34.8. The second-order valence-electron chi connectivity index (χ2n) is 6.72. The van der Waals surface area contributed by atoms with E-state index in [-0.39, 0.29) is 34.0 Å². The van der Waals surface area contributed by atoms with Crippen LogP contribution in [0.25, 0.3) is 0 Å². The number of aromatic carboxylic acids is 1. The third-order valence-electron chi connectivity index (χ3n) is 4.60. The van der Waals surface area contributed by atoms with Gasteiger partial charge in [0, 0.05) is 27.8 Å². The Balaban J connectivity index is 0.000000182. The molecule has 0 N–H and O–H groups in total. The van der Waals surface area contributed by atoms with Gasteiger partial charge in [0.15, 0.2) is 11.6 Å². The molecule has 32 heavy (non-hydrogen) atoms. The molecule has 0 amide bonds. The van der Waals surface area contributed by atoms with Gasteiger partial charge in [-0.25, -0.2) is 0 Å². The van der Waals surface area contributed by atoms with Crippen LogP contribution in [-0.2, 0) is 0 Å². The molecule has 0 aliphatic heterocycles. The Bertz CT molecular complexity index is 1230. The molecule has 5 heteroatoms. The predicted molar refractivity (Wildman–Crippen MR) is 116 cm³/mol. The van der Waals surface area contributed by atoms with Crippen LogP contribution in [0.15, 0.2) is 109 Å². The number of para-hydroxylation sites is 1. The van der Waals surface area contributed by atoms with E-state index < -0.39 is 5.97 Å². The van der Waals surface area contributed by atoms with E-state index in [1.807, 2.05) is 6.07 Å². The number of hydrogen-bond acceptors (Lipinski definition) is 5. The largest absolute Gasteiger partial charge is 0.872 e. The van der Waals surface area contributed by atoms with Gasteiger partial charge in [-0.05, 0) is 0 Å². The van der Waals surface area contributed by atoms with E-state index in [9.17, 15) is 24.6 Å². The third-order valence-corrected chi connectivity index (χ3v) is 4.60. The molecule has 0 radical (unpaired) electrons. The minimum atomic E-state index is -1.34. The van der Waals surface area contributed by atoms with E-state index in [4.69, 9.17) is 0 Å². The summed E-state index contributed by atoms with van der Waals surface area (Å²) in [5, 5.41) is 22.3. The van der Waals surface area contributed by atoms with Gasteiger partial charge in [0.2, 0.25) is 0 Å². The zero-order valence-corrected chi connectivity index (χ0v) is 16.9. The normalized spacial score (nSPS) is 9.88. The molecule has 0 spiro atoms. The highest BCUT2D eigenvalue weighted by Crippen LogP contribution is 2.17. The lowest BCUT2D eigenvalue weighted by Crippen LogP contribution is -2.25. The summed E-state index contributed by atoms with van der Waals surface area (Å²) in [6.45, 7) is 0. The lowest BCUT2D eigenvalue weighted by molar-refractivity contribution is -0.268. The number of carbonyl (C=O) groups is 3. The highest BCUT2D eigenvalue weighted by Gasteiger charge is 2.13. The fourth-order valence-corrected chi connectivity index (χ4v) is 3.00. The van der Waals surface area contributed by atoms with Crippen LogP contribution < -0.4 is 10.2 Å². The molecule has 0 unspecified atom stereocenters. The molecule has 0 aliphatic rings. The molecule has 0 heterocycles. The number of carboxylic acid groups (broad SMARTS) is 1. The smallest absolute Gasteiger partial charge is 0.193 e. The Morgan fingerprint density at radius 1 is 0.469 bits per heavy atom. The Hall–Kier alpha value is -4.51. The third kappa shape index (κ3) is 5.34. The highest BCUT2D eigenvalue weighted by atomic mass is 16.4. The first-order chi connectivity index (χ1) is 15.5. The number of carboxylic acids is 1. The molecule has 0 atom stereocenters. The van der Waals surface area contributed by atoms with Crippen molar-refractivity contribution in [2.24, 2.45) is 0 Å². The van der Waals surface area contributed by atoms with Crippen molar-refractivity contribution in [2.45, 2.75) is 0 Å². The molecule has 4 rings (SSSR count). The molecule has 0 aliphatic carbocycles. The van der Waals surface area contributed by atoms with Gasteiger partial charge in [-0.1, -0.05) is 115 Å². The van der Waals surface area contributed by atoms with Gasteiger partial charge in [-0.2, -0.15) is 0 Å². The molecule has 0 fully saturated rings. The second-order valence-corrected chi connectivity index (χ2v) is 6.72. The predicted octanol–water partition coefficient (Wildman–Crippen LogP) is 3.27. The first kappa shape index (κ1) is 22.2. The van der Waals surface area contributed by atoms with Crippen molar-refractivity contribution >= 4 is 17.5 Å². The van der Waals surface area contributed by atoms with Gasteiger partial charge in [0.05, 0.1) is 5.97 Å². The molecule has 0 saturated carbocycles. The summed E-state index contributed by atoms with van der Waals surface area (Å²) in [6, 6.07) is 29.7. The van der Waals surface area contributed by atoms with Crippen molar-refractivity contribution < 1.29 is 24.6 Å². The maximum absolute atomic E-state index is 12.1. The minimum absolute atomic E-state index is 0.0821. The lowest BCUT2D eigenvalue weighted by atomic mass is 9.98. The number of carbonyl (C=O) groups excluding carboxylic acids is 3. The lowest BCUT2D eigenvalue weighted by Gasteiger charge is -2.11. The first-order valence-electron chi connectivity index (χ1n) is 9.75. The van der Waals surface area contributed by atoms with Gasteiger partial charge in [-0.3, -0.25) is 9.59 Å². The molecule has 158 valence electrons. The van der Waals surface area contributed by atoms with Crippen LogP contribution in [0.3, 0.4) is 0 Å². The van der Waals surface area contributed by atoms with Crippen molar-refractivity contribution in [2.75, 3.05) is 0 Å². The SMILES string of the molecule is O=C([O-])c1ccccc1C(=O)c1ccccc1.O=C(c1ccccc1)c1ccccc1[O-]. The van der Waals surface area contributed by atoms with Gasteiger partial charge in [0.1, 0.15) is 0 Å². The van der Waals surface area contributed by atoms with Gasteiger partial charge in [0.25, 0.3) is 0 Å². The molecule has 0 bridgehead atoms. The van der Waals surface area contributed by atoms with E-state index in [1.165, 1.54) is 18.2 Å². The standard InChI is InChI=1S/C14H10O3.C13H10O2/c15-13(10-6-2-1-3-7-10)11-8-4-5-9-12(11)14(16)17;14-12-9-5-4-8-11(12)13(15)10-6-2-1-3-7-10/h1-9H,(H,16,17);1-9,14H/p-2. The maximum atomic E-state index is 12.1. The molecule has 4 aromatic carbocycles. The van der Waals surface area contributed by atoms with Crippen molar-refractivity contribution in [1.29, 1.82) is 0 Å². The summed E-state index contributed by atoms with van der Waals surface area (Å²) in [5.41, 5.74) is 1.30. The van der Waals surface area contributed by atoms with Gasteiger partial charge >= 0.3 is 0 Å². The van der Waals surface area contributed by atoms with Crippen LogP contribution in [0.5, 0.6) is 5.75 Å². The van der Waals surface area contributed by atoms with Gasteiger partial charge < -0.3 is 15.0 Å². The Morgan fingerprint density at radius 2 is 0.844 bits per heavy atom. The highest BCUT2D eigenvalue weighted by molar-refractivity contribution is 6.14. The van der Waals surface area contributed by atoms with E-state index in [0.29, 0.717) is 11.1 Å². The quantitative estimate of drug-likeness (QED) is 0.460. The Morgan fingerprint density at radius 3 is 1.31 bits per heavy atom. The van der Waals surface area contributed by atoms with Crippen LogP contribution in [0.1, 0.15) is 42.2 Å². The average Bonchev–Trinajstić information content (AvgIpc) is 2.85. The van der Waals surface area contributed by atoms with Gasteiger partial charge in [-0.15, -0.1) is 0 Å². The molecule has 0 aromatic heterocycles. The minimum Gasteiger partial charge on any atom is -0.872 e. The van der Waals surface area contributed by atoms with E-state index in [2.05, 4.69) is 0 Å². The zero-order valence-electron chi connectivity index (χ0n) is 16.9. The fraction of sp³-hybridized carbons (Fsp3) is 0. The Kier molecular flexibility index (Phi) is 7.28. The number of benzene rings is 4. The summed E-state index contributed by atoms with van der Waals surface area (Å²) >= 11 is 0. The second kappa shape index (κ2) is 10.5. The fourth-order valence-electron chi connectivity index (χ4n) is 3.00. The molecular formula is C27H18O5-2. The van der Waals surface area contributed by atoms with Crippen molar-refractivity contribution in [3.8, 4) is 5.75 Å². The van der Waals surface area contributed by atoms with Crippen molar-refractivity contribution in [3.63, 3.8) is 0 Å². The van der Waals surface area contributed by atoms with Crippen molar-refractivity contribution in [1.82, 2.24) is 0 Å². The zero-order chi connectivity index (χ0) is 22.9. The molecule has 5 nitrogen and oxygen atoms in total. The van der Waals surface area contributed by atoms with Crippen LogP contribution in [0, 0.1) is 0 Å². The summed E-state index contributed by atoms with van der Waals surface area (Å²) in [6.07, 6.45) is 0. The number of ketones is 2. The summed E-state index contributed by atoms with van der Waals surface area (Å²) in [7, 11) is 0. The number of rotatable bonds is 5. The van der Waals surface area contributed by atoms with Crippen LogP contribution in [0.4, 0.5) is 0 Å². The van der Waals surface area contributed by atoms with Crippen LogP contribution in [-0.4, -0.2) is 17.5 Å². The topological polar surface area (TPSA) is 97.3 Å². The Labute approximate surface area is 185 Å². The molecule has 4 aromatic rings. The summed E-state index contributed by atoms with van der Waals surface area (Å²) in [5.74, 6) is -2.11. The van der Waals surface area contributed by atoms with E-state index in [0.717, 1.165) is 0 Å². The van der Waals surface area contributed by atoms with Crippen LogP contribution >= 0.6 is 0 Å². The molecular weight excluding hydrogens is 404 g/mol. The maximum Gasteiger partial charge on any atom is 0.193 e. The summed E-state index contributed by atoms with van der Waals surface area (Å²) < 4.78 is 0. The van der Waals surface area contributed by atoms with Crippen molar-refractivity contribution in [3.05, 3.63) is 137 Å². The first-order valence-corrected chi connectivity index (χ1v) is 9.75.